The van der Waals surface area contributed by atoms with Gasteiger partial charge in [-0.2, -0.15) is 0 Å². The number of thiophene rings is 1. The van der Waals surface area contributed by atoms with Crippen molar-refractivity contribution in [3.63, 3.8) is 0 Å². The predicted molar refractivity (Wildman–Crippen MR) is 165 cm³/mol. The largest absolute Gasteiger partial charge is 0.508 e. The number of Topliss-reactive ketones (excluding diaryl/α,β-unsaturated/α-hetero) is 2. The number of hydrogen-bond acceptors (Lipinski definition) is 10. The minimum absolute atomic E-state index is 0.0416. The molecule has 2 aromatic carbocycles. The number of fused-ring (bicyclic) bond motifs is 3. The second-order valence-corrected chi connectivity index (χ2v) is 12.8. The Balaban J connectivity index is 1.38. The summed E-state index contributed by atoms with van der Waals surface area (Å²) in [6.45, 7) is 1.36. The van der Waals surface area contributed by atoms with Gasteiger partial charge in [-0.25, -0.2) is 0 Å². The van der Waals surface area contributed by atoms with Crippen molar-refractivity contribution >= 4 is 34.6 Å². The van der Waals surface area contributed by atoms with Crippen molar-refractivity contribution in [2.24, 2.45) is 17.6 Å². The Morgan fingerprint density at radius 3 is 2.45 bits per heavy atom. The zero-order chi connectivity index (χ0) is 31.5. The zero-order valence-electron chi connectivity index (χ0n) is 24.2. The second kappa shape index (κ2) is 11.0. The molecule has 3 aliphatic carbocycles. The summed E-state index contributed by atoms with van der Waals surface area (Å²) in [6.07, 6.45) is 0.276. The number of rotatable bonds is 7. The molecular weight excluding hydrogens is 582 g/mol. The van der Waals surface area contributed by atoms with Crippen LogP contribution in [-0.4, -0.2) is 68.5 Å². The van der Waals surface area contributed by atoms with Crippen LogP contribution in [0.1, 0.15) is 28.7 Å². The lowest BCUT2D eigenvalue weighted by atomic mass is 9.57. The zero-order valence-corrected chi connectivity index (χ0v) is 25.0. The van der Waals surface area contributed by atoms with E-state index in [9.17, 15) is 34.8 Å². The fourth-order valence-electron chi connectivity index (χ4n) is 7.03. The van der Waals surface area contributed by atoms with E-state index >= 15 is 0 Å². The first-order chi connectivity index (χ1) is 20.9. The van der Waals surface area contributed by atoms with Gasteiger partial charge in [-0.15, -0.1) is 11.3 Å². The van der Waals surface area contributed by atoms with Crippen molar-refractivity contribution < 1.29 is 34.8 Å². The SMILES string of the molecule is CN(C)C1C(=O)C(C(N)=O)=C(O)C2(O)C(=O)C3=C(O)c4c(O)ccc(-c5cc(CNCc6ccccc6)cs5)c4CC3CC12. The second-order valence-electron chi connectivity index (χ2n) is 11.9. The molecule has 1 amide bonds. The number of aromatic hydroxyl groups is 1. The summed E-state index contributed by atoms with van der Waals surface area (Å²) in [4.78, 5) is 41.9. The van der Waals surface area contributed by atoms with Crippen molar-refractivity contribution in [3.05, 3.63) is 93.1 Å². The summed E-state index contributed by atoms with van der Waals surface area (Å²) in [7, 11) is 3.15. The highest BCUT2D eigenvalue weighted by molar-refractivity contribution is 7.13. The van der Waals surface area contributed by atoms with Crippen LogP contribution in [0.4, 0.5) is 0 Å². The number of aliphatic hydroxyl groups excluding tert-OH is 2. The first-order valence-electron chi connectivity index (χ1n) is 14.3. The number of carbonyl (C=O) groups is 3. The van der Waals surface area contributed by atoms with Crippen molar-refractivity contribution in [3.8, 4) is 16.2 Å². The Labute approximate surface area is 257 Å². The van der Waals surface area contributed by atoms with E-state index in [-0.39, 0.29) is 29.7 Å². The molecule has 1 saturated carbocycles. The van der Waals surface area contributed by atoms with Gasteiger partial charge in [0.1, 0.15) is 22.8 Å². The lowest BCUT2D eigenvalue weighted by molar-refractivity contribution is -0.153. The Morgan fingerprint density at radius 1 is 1.07 bits per heavy atom. The highest BCUT2D eigenvalue weighted by Gasteiger charge is 2.64. The predicted octanol–water partition coefficient (Wildman–Crippen LogP) is 2.98. The molecular formula is C33H33N3O7S. The number of ketones is 2. The van der Waals surface area contributed by atoms with Crippen LogP contribution < -0.4 is 11.1 Å². The van der Waals surface area contributed by atoms with Crippen molar-refractivity contribution in [1.82, 2.24) is 10.2 Å². The van der Waals surface area contributed by atoms with Gasteiger partial charge in [-0.1, -0.05) is 30.3 Å². The molecule has 4 atom stereocenters. The van der Waals surface area contributed by atoms with Gasteiger partial charge in [0, 0.05) is 29.5 Å². The fourth-order valence-corrected chi connectivity index (χ4v) is 8.00. The van der Waals surface area contributed by atoms with Gasteiger partial charge >= 0.3 is 0 Å². The molecule has 3 aromatic rings. The van der Waals surface area contributed by atoms with E-state index in [4.69, 9.17) is 5.73 Å². The number of carbonyl (C=O) groups excluding carboxylic acids is 3. The van der Waals surface area contributed by atoms with E-state index in [1.165, 1.54) is 27.9 Å². The maximum atomic E-state index is 14.0. The molecule has 4 unspecified atom stereocenters. The van der Waals surface area contributed by atoms with Crippen LogP contribution in [0.5, 0.6) is 5.75 Å². The van der Waals surface area contributed by atoms with E-state index in [0.717, 1.165) is 16.0 Å². The maximum Gasteiger partial charge on any atom is 0.255 e. The smallest absolute Gasteiger partial charge is 0.255 e. The number of nitrogens with two attached hydrogens (primary N) is 1. The van der Waals surface area contributed by atoms with Gasteiger partial charge in [0.25, 0.3) is 5.91 Å². The van der Waals surface area contributed by atoms with Crippen molar-refractivity contribution in [1.29, 1.82) is 0 Å². The summed E-state index contributed by atoms with van der Waals surface area (Å²) in [5, 5.41) is 50.6. The van der Waals surface area contributed by atoms with Crippen LogP contribution in [0.3, 0.4) is 0 Å². The molecule has 0 bridgehead atoms. The third-order valence-electron chi connectivity index (χ3n) is 9.02. The van der Waals surface area contributed by atoms with Gasteiger partial charge in [0.05, 0.1) is 11.6 Å². The molecule has 10 nitrogen and oxygen atoms in total. The van der Waals surface area contributed by atoms with E-state index in [0.29, 0.717) is 18.7 Å². The number of aliphatic hydroxyl groups is 3. The number of phenols is 1. The topological polar surface area (TPSA) is 173 Å². The van der Waals surface area contributed by atoms with Crippen LogP contribution in [0.25, 0.3) is 16.2 Å². The van der Waals surface area contributed by atoms with Crippen molar-refractivity contribution in [2.75, 3.05) is 14.1 Å². The third kappa shape index (κ3) is 4.55. The Morgan fingerprint density at radius 2 is 1.77 bits per heavy atom. The molecule has 228 valence electrons. The lowest BCUT2D eigenvalue weighted by Crippen LogP contribution is -2.65. The highest BCUT2D eigenvalue weighted by Crippen LogP contribution is 2.53. The quantitative estimate of drug-likeness (QED) is 0.219. The van der Waals surface area contributed by atoms with Crippen LogP contribution in [0, 0.1) is 11.8 Å². The van der Waals surface area contributed by atoms with Gasteiger partial charge in [0.15, 0.2) is 11.4 Å². The Kier molecular flexibility index (Phi) is 7.45. The molecule has 6 rings (SSSR count). The first-order valence-corrected chi connectivity index (χ1v) is 15.1. The molecule has 0 spiro atoms. The van der Waals surface area contributed by atoms with E-state index in [1.54, 1.807) is 20.2 Å². The molecule has 3 aliphatic rings. The monoisotopic (exact) mass is 615 g/mol. The summed E-state index contributed by atoms with van der Waals surface area (Å²) in [6, 6.07) is 14.2. The molecule has 0 aliphatic heterocycles. The van der Waals surface area contributed by atoms with Gasteiger partial charge in [-0.05, 0) is 78.7 Å². The minimum Gasteiger partial charge on any atom is -0.508 e. The van der Waals surface area contributed by atoms with E-state index in [1.807, 2.05) is 29.6 Å². The molecule has 1 fully saturated rings. The lowest BCUT2D eigenvalue weighted by Gasteiger charge is -2.50. The normalized spacial score (nSPS) is 24.8. The average Bonchev–Trinajstić information content (AvgIpc) is 3.44. The molecule has 1 heterocycles. The third-order valence-corrected chi connectivity index (χ3v) is 10.0. The molecule has 44 heavy (non-hydrogen) atoms. The van der Waals surface area contributed by atoms with Gasteiger partial charge < -0.3 is 31.5 Å². The summed E-state index contributed by atoms with van der Waals surface area (Å²) in [5.41, 5.74) is 5.49. The first kappa shape index (κ1) is 29.8. The van der Waals surface area contributed by atoms with Crippen molar-refractivity contribution in [2.45, 2.75) is 37.6 Å². The number of primary amides is 1. The number of nitrogens with one attached hydrogen (secondary N) is 1. The average molecular weight is 616 g/mol. The number of phenolic OH excluding ortho intramolecular Hbond substituents is 1. The maximum absolute atomic E-state index is 14.0. The molecule has 7 N–H and O–H groups in total. The number of amides is 1. The fraction of sp³-hybridized carbons (Fsp3) is 0.303. The molecule has 0 radical (unpaired) electrons. The highest BCUT2D eigenvalue weighted by atomic mass is 32.1. The summed E-state index contributed by atoms with van der Waals surface area (Å²) >= 11 is 1.52. The Bertz CT molecular complexity index is 1760. The van der Waals surface area contributed by atoms with Gasteiger partial charge in [0.2, 0.25) is 5.78 Å². The summed E-state index contributed by atoms with van der Waals surface area (Å²) < 4.78 is 0. The van der Waals surface area contributed by atoms with Crippen LogP contribution in [-0.2, 0) is 33.9 Å². The number of hydrogen-bond donors (Lipinski definition) is 6. The molecule has 11 heteroatoms. The van der Waals surface area contributed by atoms with E-state index < -0.39 is 58.0 Å². The Hall–Kier alpha value is -4.29. The van der Waals surface area contributed by atoms with Crippen LogP contribution >= 0.6 is 11.3 Å². The number of likely N-dealkylation sites (N-methyl/N-ethyl adjacent to an activating group) is 1. The molecule has 1 aromatic heterocycles. The van der Waals surface area contributed by atoms with Gasteiger partial charge in [-0.3, -0.25) is 19.3 Å². The van der Waals surface area contributed by atoms with Crippen LogP contribution in [0.2, 0.25) is 0 Å². The van der Waals surface area contributed by atoms with E-state index in [2.05, 4.69) is 17.4 Å². The molecule has 0 saturated heterocycles. The summed E-state index contributed by atoms with van der Waals surface area (Å²) in [5.74, 6) is -6.65. The number of benzene rings is 2. The standard InChI is InChI=1S/C33H33N3O7S/c1-36(2)27-21-12-18-11-20-19(23-10-17(15-44-23)14-35-13-16-6-4-3-5-7-16)8-9-22(37)25(20)28(38)24(18)30(40)33(21,43)31(41)26(29(27)39)32(34)42/h3-10,15,18,21,27,35,37-38,41,43H,11-14H2,1-2H3,(H2,34,42). The van der Waals surface area contributed by atoms with Crippen LogP contribution in [0.15, 0.2) is 70.8 Å². The number of nitrogens with zero attached hydrogens (tertiary/aromatic N) is 1. The minimum atomic E-state index is -2.66.